The highest BCUT2D eigenvalue weighted by Crippen LogP contribution is 2.24. The number of hydrogen-bond donors (Lipinski definition) is 1. The molecule has 3 aromatic carbocycles. The smallest absolute Gasteiger partial charge is 0.289 e. The lowest BCUT2D eigenvalue weighted by atomic mass is 10.2. The van der Waals surface area contributed by atoms with Crippen LogP contribution in [-0.2, 0) is 4.79 Å². The average Bonchev–Trinajstić information content (AvgIpc) is 3.64. The summed E-state index contributed by atoms with van der Waals surface area (Å²) in [5, 5.41) is 3.77. The minimum atomic E-state index is -0.311. The summed E-state index contributed by atoms with van der Waals surface area (Å²) in [4.78, 5) is 29.4. The molecule has 40 heavy (non-hydrogen) atoms. The predicted molar refractivity (Wildman–Crippen MR) is 153 cm³/mol. The molecule has 3 heterocycles. The summed E-state index contributed by atoms with van der Waals surface area (Å²) in [7, 11) is 0. The molecular formula is C32H26FN3O4. The van der Waals surface area contributed by atoms with Crippen LogP contribution in [0.5, 0.6) is 0 Å². The molecule has 0 unspecified atom stereocenters. The lowest BCUT2D eigenvalue weighted by Gasteiger charge is -2.35. The highest BCUT2D eigenvalue weighted by Gasteiger charge is 2.24. The minimum absolute atomic E-state index is 0.0943. The van der Waals surface area contributed by atoms with E-state index >= 15 is 0 Å². The summed E-state index contributed by atoms with van der Waals surface area (Å²) in [6, 6.07) is 26.6. The van der Waals surface area contributed by atoms with Crippen LogP contribution >= 0.6 is 0 Å². The fraction of sp³-hybridized carbons (Fsp3) is 0.125. The van der Waals surface area contributed by atoms with Crippen LogP contribution in [0.25, 0.3) is 28.4 Å². The molecule has 1 saturated heterocycles. The third-order valence-electron chi connectivity index (χ3n) is 6.86. The Balaban J connectivity index is 1.01. The second kappa shape index (κ2) is 10.9. The number of nitrogens with one attached hydrogen (secondary N) is 1. The van der Waals surface area contributed by atoms with Gasteiger partial charge in [0.15, 0.2) is 5.76 Å². The van der Waals surface area contributed by atoms with Gasteiger partial charge in [-0.2, -0.15) is 0 Å². The van der Waals surface area contributed by atoms with Crippen molar-refractivity contribution in [2.45, 2.75) is 0 Å². The van der Waals surface area contributed by atoms with E-state index in [2.05, 4.69) is 10.2 Å². The summed E-state index contributed by atoms with van der Waals surface area (Å²) in [6.45, 7) is 2.58. The van der Waals surface area contributed by atoms with Gasteiger partial charge in [0.25, 0.3) is 5.91 Å². The summed E-state index contributed by atoms with van der Waals surface area (Å²) in [5.41, 5.74) is 3.16. The molecule has 0 atom stereocenters. The van der Waals surface area contributed by atoms with Gasteiger partial charge in [0.05, 0.1) is 0 Å². The Bertz CT molecular complexity index is 1640. The van der Waals surface area contributed by atoms with Crippen LogP contribution in [0.3, 0.4) is 0 Å². The van der Waals surface area contributed by atoms with Crippen molar-refractivity contribution < 1.29 is 22.8 Å². The van der Waals surface area contributed by atoms with Crippen molar-refractivity contribution >= 4 is 40.2 Å². The molecule has 1 aliphatic rings. The van der Waals surface area contributed by atoms with Crippen molar-refractivity contribution in [3.8, 4) is 11.3 Å². The van der Waals surface area contributed by atoms with Gasteiger partial charge >= 0.3 is 0 Å². The summed E-state index contributed by atoms with van der Waals surface area (Å²) in [5.74, 6) is 0.782. The molecule has 1 fully saturated rings. The molecule has 0 bridgehead atoms. The topological polar surface area (TPSA) is 78.9 Å². The number of hydrogen-bond acceptors (Lipinski definition) is 5. The van der Waals surface area contributed by atoms with E-state index in [4.69, 9.17) is 8.83 Å². The zero-order valence-corrected chi connectivity index (χ0v) is 21.5. The molecule has 6 rings (SSSR count). The van der Waals surface area contributed by atoms with Crippen LogP contribution in [0.2, 0.25) is 0 Å². The third-order valence-corrected chi connectivity index (χ3v) is 6.86. The molecule has 0 spiro atoms. The molecule has 200 valence electrons. The van der Waals surface area contributed by atoms with E-state index in [1.165, 1.54) is 18.2 Å². The van der Waals surface area contributed by atoms with Gasteiger partial charge < -0.3 is 24.0 Å². The summed E-state index contributed by atoms with van der Waals surface area (Å²) < 4.78 is 24.6. The monoisotopic (exact) mass is 535 g/mol. The molecule has 0 aliphatic carbocycles. The van der Waals surface area contributed by atoms with Crippen LogP contribution in [0.4, 0.5) is 15.8 Å². The molecule has 7 nitrogen and oxygen atoms in total. The van der Waals surface area contributed by atoms with Crippen molar-refractivity contribution in [3.05, 3.63) is 114 Å². The fourth-order valence-electron chi connectivity index (χ4n) is 4.72. The minimum Gasteiger partial charge on any atom is -0.457 e. The molecular weight excluding hydrogens is 509 g/mol. The van der Waals surface area contributed by atoms with Gasteiger partial charge in [0.2, 0.25) is 5.91 Å². The quantitative estimate of drug-likeness (QED) is 0.253. The number of furan rings is 2. The number of amides is 2. The van der Waals surface area contributed by atoms with Gasteiger partial charge in [-0.1, -0.05) is 18.2 Å². The molecule has 0 radical (unpaired) electrons. The predicted octanol–water partition coefficient (Wildman–Crippen LogP) is 6.45. The Labute approximate surface area is 230 Å². The van der Waals surface area contributed by atoms with Crippen LogP contribution in [0, 0.1) is 5.82 Å². The second-order valence-electron chi connectivity index (χ2n) is 9.51. The van der Waals surface area contributed by atoms with Gasteiger partial charge in [0.1, 0.15) is 22.9 Å². The number of fused-ring (bicyclic) bond motifs is 1. The number of benzene rings is 3. The maximum Gasteiger partial charge on any atom is 0.289 e. The van der Waals surface area contributed by atoms with E-state index in [1.54, 1.807) is 36.4 Å². The summed E-state index contributed by atoms with van der Waals surface area (Å²) in [6.07, 6.45) is 2.99. The van der Waals surface area contributed by atoms with Crippen molar-refractivity contribution in [2.75, 3.05) is 36.4 Å². The van der Waals surface area contributed by atoms with Gasteiger partial charge in [-0.15, -0.1) is 0 Å². The van der Waals surface area contributed by atoms with Gasteiger partial charge in [0, 0.05) is 54.6 Å². The molecule has 8 heteroatoms. The van der Waals surface area contributed by atoms with Crippen LogP contribution < -0.4 is 10.2 Å². The lowest BCUT2D eigenvalue weighted by molar-refractivity contribution is -0.111. The highest BCUT2D eigenvalue weighted by molar-refractivity contribution is 6.02. The van der Waals surface area contributed by atoms with Crippen LogP contribution in [-0.4, -0.2) is 42.9 Å². The Morgan fingerprint density at radius 3 is 2.33 bits per heavy atom. The second-order valence-corrected chi connectivity index (χ2v) is 9.51. The first-order valence-corrected chi connectivity index (χ1v) is 13.0. The molecule has 2 aromatic heterocycles. The van der Waals surface area contributed by atoms with Crippen molar-refractivity contribution in [1.82, 2.24) is 4.90 Å². The Morgan fingerprint density at radius 1 is 0.825 bits per heavy atom. The van der Waals surface area contributed by atoms with E-state index in [-0.39, 0.29) is 17.6 Å². The van der Waals surface area contributed by atoms with Gasteiger partial charge in [-0.25, -0.2) is 4.39 Å². The van der Waals surface area contributed by atoms with Crippen LogP contribution in [0.15, 0.2) is 106 Å². The number of para-hydroxylation sites is 1. The van der Waals surface area contributed by atoms with Crippen molar-refractivity contribution in [3.63, 3.8) is 0 Å². The summed E-state index contributed by atoms with van der Waals surface area (Å²) >= 11 is 0. The molecule has 5 aromatic rings. The first-order chi connectivity index (χ1) is 19.5. The molecule has 0 saturated carbocycles. The van der Waals surface area contributed by atoms with Gasteiger partial charge in [-0.05, 0) is 78.9 Å². The number of rotatable bonds is 6. The van der Waals surface area contributed by atoms with E-state index in [0.717, 1.165) is 16.6 Å². The maximum absolute atomic E-state index is 13.1. The molecule has 1 aliphatic heterocycles. The van der Waals surface area contributed by atoms with Crippen LogP contribution in [0.1, 0.15) is 16.3 Å². The van der Waals surface area contributed by atoms with E-state index in [1.807, 2.05) is 53.4 Å². The normalized spacial score (nSPS) is 13.7. The highest BCUT2D eigenvalue weighted by atomic mass is 19.1. The van der Waals surface area contributed by atoms with Crippen molar-refractivity contribution in [1.29, 1.82) is 0 Å². The van der Waals surface area contributed by atoms with Gasteiger partial charge in [-0.3, -0.25) is 9.59 Å². The Morgan fingerprint density at radius 2 is 1.57 bits per heavy atom. The average molecular weight is 536 g/mol. The number of carbonyl (C=O) groups excluding carboxylic acids is 2. The lowest BCUT2D eigenvalue weighted by Crippen LogP contribution is -2.48. The standard InChI is InChI=1S/C32H26FN3O4/c33-24-7-5-22(6-8-24)29-15-13-27(39-29)14-16-31(37)34-25-9-11-26(12-10-25)35-17-19-36(20-18-35)32(38)30-21-23-3-1-2-4-28(23)40-30/h1-16,21H,17-20H2,(H,34,37)/b16-14+. The number of piperazine rings is 1. The van der Waals surface area contributed by atoms with E-state index < -0.39 is 0 Å². The zero-order chi connectivity index (χ0) is 27.5. The number of halogens is 1. The van der Waals surface area contributed by atoms with Crippen molar-refractivity contribution in [2.24, 2.45) is 0 Å². The van der Waals surface area contributed by atoms with E-state index in [9.17, 15) is 14.0 Å². The maximum atomic E-state index is 13.1. The zero-order valence-electron chi connectivity index (χ0n) is 21.5. The Kier molecular flexibility index (Phi) is 6.89. The number of anilines is 2. The number of nitrogens with zero attached hydrogens (tertiary/aromatic N) is 2. The first-order valence-electron chi connectivity index (χ1n) is 13.0. The largest absolute Gasteiger partial charge is 0.457 e. The third kappa shape index (κ3) is 5.51. The van der Waals surface area contributed by atoms with E-state index in [0.29, 0.717) is 54.7 Å². The Hall–Kier alpha value is -5.11. The number of carbonyl (C=O) groups is 2. The first kappa shape index (κ1) is 25.2. The fourth-order valence-corrected chi connectivity index (χ4v) is 4.72. The molecule has 2 amide bonds. The SMILES string of the molecule is O=C(/C=C/c1ccc(-c2ccc(F)cc2)o1)Nc1ccc(N2CCN(C(=O)c3cc4ccccc4o3)CC2)cc1. The molecule has 1 N–H and O–H groups in total.